The molecule has 1 aromatic carbocycles. The van der Waals surface area contributed by atoms with Gasteiger partial charge >= 0.3 is 0 Å². The van der Waals surface area contributed by atoms with E-state index in [1.807, 2.05) is 0 Å². The van der Waals surface area contributed by atoms with Gasteiger partial charge in [-0.2, -0.15) is 4.31 Å². The molecule has 1 aliphatic heterocycles. The summed E-state index contributed by atoms with van der Waals surface area (Å²) < 4.78 is 39.8. The second-order valence-corrected chi connectivity index (χ2v) is 6.98. The molecule has 4 nitrogen and oxygen atoms in total. The predicted octanol–water partition coefficient (Wildman–Crippen LogP) is 1.85. The van der Waals surface area contributed by atoms with Gasteiger partial charge in [0.05, 0.1) is 0 Å². The fraction of sp³-hybridized carbons (Fsp3) is 0.500. The molecular weight excluding hydrogens is 291 g/mol. The SMILES string of the molecule is CN(C1CCNCC1)S(=O)(=O)c1cc(Cl)ccc1F. The summed E-state index contributed by atoms with van der Waals surface area (Å²) in [4.78, 5) is -0.360. The summed E-state index contributed by atoms with van der Waals surface area (Å²) >= 11 is 5.75. The number of benzene rings is 1. The van der Waals surface area contributed by atoms with Crippen molar-refractivity contribution in [3.63, 3.8) is 0 Å². The molecule has 0 aromatic heterocycles. The predicted molar refractivity (Wildman–Crippen MR) is 72.3 cm³/mol. The summed E-state index contributed by atoms with van der Waals surface area (Å²) in [6, 6.07) is 3.46. The van der Waals surface area contributed by atoms with Gasteiger partial charge in [-0.15, -0.1) is 0 Å². The first-order chi connectivity index (χ1) is 8.93. The number of hydrogen-bond donors (Lipinski definition) is 1. The van der Waals surface area contributed by atoms with Crippen molar-refractivity contribution in [2.75, 3.05) is 20.1 Å². The summed E-state index contributed by atoms with van der Waals surface area (Å²) in [5.74, 6) is -0.773. The largest absolute Gasteiger partial charge is 0.317 e. The number of nitrogens with zero attached hydrogens (tertiary/aromatic N) is 1. The highest BCUT2D eigenvalue weighted by Gasteiger charge is 2.31. The molecule has 0 bridgehead atoms. The first-order valence-corrected chi connectivity index (χ1v) is 7.88. The molecule has 106 valence electrons. The highest BCUT2D eigenvalue weighted by atomic mass is 35.5. The normalized spacial score (nSPS) is 17.9. The summed E-state index contributed by atoms with van der Waals surface area (Å²) in [6.07, 6.45) is 1.44. The number of halogens is 2. The Hall–Kier alpha value is -0.690. The Labute approximate surface area is 117 Å². The molecule has 0 radical (unpaired) electrons. The van der Waals surface area contributed by atoms with Crippen molar-refractivity contribution >= 4 is 21.6 Å². The molecule has 7 heteroatoms. The highest BCUT2D eigenvalue weighted by Crippen LogP contribution is 2.25. The van der Waals surface area contributed by atoms with Gasteiger partial charge in [0.25, 0.3) is 0 Å². The van der Waals surface area contributed by atoms with Gasteiger partial charge in [-0.3, -0.25) is 0 Å². The number of piperidine rings is 1. The first-order valence-electron chi connectivity index (χ1n) is 6.07. The van der Waals surface area contributed by atoms with Crippen molar-refractivity contribution in [2.24, 2.45) is 0 Å². The second kappa shape index (κ2) is 5.75. The van der Waals surface area contributed by atoms with E-state index in [1.165, 1.54) is 17.4 Å². The van der Waals surface area contributed by atoms with Crippen LogP contribution >= 0.6 is 11.6 Å². The van der Waals surface area contributed by atoms with Gasteiger partial charge in [0.15, 0.2) is 0 Å². The number of hydrogen-bond acceptors (Lipinski definition) is 3. The van der Waals surface area contributed by atoms with Crippen LogP contribution in [0.2, 0.25) is 5.02 Å². The smallest absolute Gasteiger partial charge is 0.246 e. The zero-order valence-corrected chi connectivity index (χ0v) is 12.1. The van der Waals surface area contributed by atoms with Crippen LogP contribution in [-0.4, -0.2) is 38.9 Å². The van der Waals surface area contributed by atoms with Gasteiger partial charge in [0, 0.05) is 18.1 Å². The third-order valence-electron chi connectivity index (χ3n) is 3.37. The molecule has 1 fully saturated rings. The molecule has 1 aromatic rings. The monoisotopic (exact) mass is 306 g/mol. The van der Waals surface area contributed by atoms with Crippen LogP contribution in [-0.2, 0) is 10.0 Å². The molecule has 1 N–H and O–H groups in total. The van der Waals surface area contributed by atoms with Crippen LogP contribution in [0.15, 0.2) is 23.1 Å². The maximum absolute atomic E-state index is 13.7. The van der Waals surface area contributed by atoms with E-state index in [1.54, 1.807) is 0 Å². The van der Waals surface area contributed by atoms with Crippen molar-refractivity contribution in [2.45, 2.75) is 23.8 Å². The average molecular weight is 307 g/mol. The van der Waals surface area contributed by atoms with Crippen molar-refractivity contribution in [3.8, 4) is 0 Å². The van der Waals surface area contributed by atoms with E-state index in [0.717, 1.165) is 38.1 Å². The fourth-order valence-corrected chi connectivity index (χ4v) is 3.94. The molecular formula is C12H16ClFN2O2S. The minimum atomic E-state index is -3.85. The van der Waals surface area contributed by atoms with E-state index in [0.29, 0.717) is 0 Å². The lowest BCUT2D eigenvalue weighted by Gasteiger charge is -2.30. The van der Waals surface area contributed by atoms with Crippen LogP contribution in [0.3, 0.4) is 0 Å². The number of nitrogens with one attached hydrogen (secondary N) is 1. The molecule has 0 aliphatic carbocycles. The van der Waals surface area contributed by atoms with Crippen molar-refractivity contribution in [1.82, 2.24) is 9.62 Å². The van der Waals surface area contributed by atoms with Crippen LogP contribution in [0.1, 0.15) is 12.8 Å². The fourth-order valence-electron chi connectivity index (χ4n) is 2.20. The van der Waals surface area contributed by atoms with Crippen LogP contribution in [0.4, 0.5) is 4.39 Å². The Kier molecular flexibility index (Phi) is 4.45. The molecule has 1 saturated heterocycles. The van der Waals surface area contributed by atoms with E-state index in [4.69, 9.17) is 11.6 Å². The standard InChI is InChI=1S/C12H16ClFN2O2S/c1-16(10-4-6-15-7-5-10)19(17,18)12-8-9(13)2-3-11(12)14/h2-3,8,10,15H,4-7H2,1H3. The van der Waals surface area contributed by atoms with Crippen molar-refractivity contribution in [1.29, 1.82) is 0 Å². The minimum absolute atomic E-state index is 0.107. The lowest BCUT2D eigenvalue weighted by Crippen LogP contribution is -2.44. The Morgan fingerprint density at radius 1 is 1.37 bits per heavy atom. The van der Waals surface area contributed by atoms with Gasteiger partial charge in [-0.05, 0) is 44.1 Å². The maximum atomic E-state index is 13.7. The highest BCUT2D eigenvalue weighted by molar-refractivity contribution is 7.89. The summed E-state index contributed by atoms with van der Waals surface area (Å²) in [5.41, 5.74) is 0. The molecule has 0 saturated carbocycles. The van der Waals surface area contributed by atoms with Crippen LogP contribution in [0.25, 0.3) is 0 Å². The Balaban J connectivity index is 2.33. The Bertz CT molecular complexity index is 559. The third kappa shape index (κ3) is 3.08. The summed E-state index contributed by atoms with van der Waals surface area (Å²) in [5, 5.41) is 3.37. The topological polar surface area (TPSA) is 49.4 Å². The molecule has 1 heterocycles. The average Bonchev–Trinajstić information content (AvgIpc) is 2.41. The lowest BCUT2D eigenvalue weighted by atomic mass is 10.1. The second-order valence-electron chi connectivity index (χ2n) is 4.58. The molecule has 0 amide bonds. The van der Waals surface area contributed by atoms with Gasteiger partial charge < -0.3 is 5.32 Å². The van der Waals surface area contributed by atoms with E-state index < -0.39 is 15.8 Å². The lowest BCUT2D eigenvalue weighted by molar-refractivity contribution is 0.295. The van der Waals surface area contributed by atoms with Crippen LogP contribution < -0.4 is 5.32 Å². The van der Waals surface area contributed by atoms with Gasteiger partial charge in [0.2, 0.25) is 10.0 Å². The van der Waals surface area contributed by atoms with Crippen LogP contribution in [0.5, 0.6) is 0 Å². The van der Waals surface area contributed by atoms with Gasteiger partial charge in [-0.1, -0.05) is 11.6 Å². The zero-order chi connectivity index (χ0) is 14.0. The quantitative estimate of drug-likeness (QED) is 0.927. The molecule has 19 heavy (non-hydrogen) atoms. The summed E-state index contributed by atoms with van der Waals surface area (Å²) in [6.45, 7) is 1.53. The van der Waals surface area contributed by atoms with Gasteiger partial charge in [-0.25, -0.2) is 12.8 Å². The molecule has 1 aliphatic rings. The number of sulfonamides is 1. The summed E-state index contributed by atoms with van der Waals surface area (Å²) in [7, 11) is -2.35. The molecule has 2 rings (SSSR count). The van der Waals surface area contributed by atoms with Gasteiger partial charge in [0.1, 0.15) is 10.7 Å². The first kappa shape index (κ1) is 14.7. The minimum Gasteiger partial charge on any atom is -0.317 e. The molecule has 0 atom stereocenters. The zero-order valence-electron chi connectivity index (χ0n) is 10.6. The van der Waals surface area contributed by atoms with E-state index in [9.17, 15) is 12.8 Å². The van der Waals surface area contributed by atoms with E-state index in [2.05, 4.69) is 5.32 Å². The van der Waals surface area contributed by atoms with Crippen LogP contribution in [0, 0.1) is 5.82 Å². The Morgan fingerprint density at radius 3 is 2.63 bits per heavy atom. The van der Waals surface area contributed by atoms with Crippen molar-refractivity contribution in [3.05, 3.63) is 29.0 Å². The third-order valence-corrected chi connectivity index (χ3v) is 5.53. The molecule has 0 unspecified atom stereocenters. The Morgan fingerprint density at radius 2 is 2.00 bits per heavy atom. The van der Waals surface area contributed by atoms with E-state index in [-0.39, 0.29) is 16.0 Å². The van der Waals surface area contributed by atoms with E-state index >= 15 is 0 Å². The van der Waals surface area contributed by atoms with Crippen molar-refractivity contribution < 1.29 is 12.8 Å². The maximum Gasteiger partial charge on any atom is 0.246 e. The molecule has 0 spiro atoms. The number of rotatable bonds is 3.